The summed E-state index contributed by atoms with van der Waals surface area (Å²) in [6.07, 6.45) is 0. The maximum Gasteiger partial charge on any atom is 0.335 e. The van der Waals surface area contributed by atoms with Crippen molar-refractivity contribution in [2.75, 3.05) is 24.1 Å². The SMILES string of the molecule is CC(=O)Nc1ccc(C(=O)O)cc1.NCCN.Nc1ccc(C(=O)O)cc1. The van der Waals surface area contributed by atoms with E-state index in [1.165, 1.54) is 31.2 Å². The van der Waals surface area contributed by atoms with Crippen molar-refractivity contribution >= 4 is 29.2 Å². The molecular weight excluding hydrogens is 352 g/mol. The van der Waals surface area contributed by atoms with E-state index in [0.717, 1.165) is 0 Å². The van der Waals surface area contributed by atoms with Crippen LogP contribution in [0.5, 0.6) is 0 Å². The van der Waals surface area contributed by atoms with Crippen LogP contribution >= 0.6 is 0 Å². The number of carbonyl (C=O) groups excluding carboxylic acids is 1. The number of nitrogens with one attached hydrogen (secondary N) is 1. The van der Waals surface area contributed by atoms with Crippen LogP contribution in [0, 0.1) is 0 Å². The van der Waals surface area contributed by atoms with E-state index in [-0.39, 0.29) is 17.0 Å². The van der Waals surface area contributed by atoms with E-state index in [9.17, 15) is 14.4 Å². The largest absolute Gasteiger partial charge is 0.478 e. The molecule has 0 fully saturated rings. The molecule has 0 bridgehead atoms. The van der Waals surface area contributed by atoms with E-state index in [1.54, 1.807) is 24.3 Å². The van der Waals surface area contributed by atoms with Crippen molar-refractivity contribution in [2.24, 2.45) is 11.5 Å². The topological polar surface area (TPSA) is 182 Å². The molecule has 0 atom stereocenters. The standard InChI is InChI=1S/C9H9NO3.C7H7NO2.C2H8N2/c1-6(11)10-8-4-2-7(3-5-8)9(12)13;8-6-3-1-5(2-4-6)7(9)10;3-1-2-4/h2-5H,1H3,(H,10,11)(H,12,13);1-4H,8H2,(H,9,10);1-4H2. The third kappa shape index (κ3) is 10.9. The second-order valence-electron chi connectivity index (χ2n) is 5.07. The van der Waals surface area contributed by atoms with Crippen LogP contribution < -0.4 is 22.5 Å². The number of benzene rings is 2. The summed E-state index contributed by atoms with van der Waals surface area (Å²) in [5.41, 5.74) is 16.8. The highest BCUT2D eigenvalue weighted by atomic mass is 16.4. The quantitative estimate of drug-likeness (QED) is 0.430. The number of hydrogen-bond donors (Lipinski definition) is 6. The van der Waals surface area contributed by atoms with Gasteiger partial charge in [0.05, 0.1) is 11.1 Å². The number of hydrogen-bond acceptors (Lipinski definition) is 6. The number of nitrogen functional groups attached to an aromatic ring is 1. The number of aromatic carboxylic acids is 2. The number of amides is 1. The molecule has 0 saturated heterocycles. The van der Waals surface area contributed by atoms with Crippen LogP contribution in [0.3, 0.4) is 0 Å². The Bertz CT molecular complexity index is 728. The molecule has 1 amide bonds. The Balaban J connectivity index is 0.000000428. The van der Waals surface area contributed by atoms with Gasteiger partial charge < -0.3 is 32.7 Å². The number of nitrogens with two attached hydrogens (primary N) is 3. The highest BCUT2D eigenvalue weighted by Crippen LogP contribution is 2.09. The minimum Gasteiger partial charge on any atom is -0.478 e. The summed E-state index contributed by atoms with van der Waals surface area (Å²) in [7, 11) is 0. The van der Waals surface area contributed by atoms with Crippen LogP contribution in [-0.2, 0) is 4.79 Å². The summed E-state index contributed by atoms with van der Waals surface area (Å²) in [5, 5.41) is 19.5. The first-order valence-electron chi connectivity index (χ1n) is 7.81. The molecule has 0 heterocycles. The summed E-state index contributed by atoms with van der Waals surface area (Å²) in [6, 6.07) is 12.0. The fourth-order valence-electron chi connectivity index (χ4n) is 1.53. The van der Waals surface area contributed by atoms with Crippen LogP contribution in [0.1, 0.15) is 27.6 Å². The molecule has 0 aliphatic rings. The van der Waals surface area contributed by atoms with Crippen molar-refractivity contribution in [3.05, 3.63) is 59.7 Å². The van der Waals surface area contributed by atoms with Crippen molar-refractivity contribution in [3.8, 4) is 0 Å². The van der Waals surface area contributed by atoms with Crippen LogP contribution in [-0.4, -0.2) is 41.1 Å². The molecule has 2 aromatic rings. The van der Waals surface area contributed by atoms with Crippen molar-refractivity contribution in [3.63, 3.8) is 0 Å². The molecule has 0 radical (unpaired) electrons. The van der Waals surface area contributed by atoms with E-state index in [4.69, 9.17) is 27.4 Å². The Morgan fingerprint density at radius 2 is 1.19 bits per heavy atom. The fourth-order valence-corrected chi connectivity index (χ4v) is 1.53. The summed E-state index contributed by atoms with van der Waals surface area (Å²) in [4.78, 5) is 31.3. The second kappa shape index (κ2) is 12.9. The molecule has 0 aromatic heterocycles. The van der Waals surface area contributed by atoms with Gasteiger partial charge in [0, 0.05) is 31.4 Å². The van der Waals surface area contributed by atoms with Gasteiger partial charge in [-0.3, -0.25) is 4.79 Å². The zero-order valence-corrected chi connectivity index (χ0v) is 14.9. The number of anilines is 2. The van der Waals surface area contributed by atoms with E-state index in [2.05, 4.69) is 5.32 Å². The maximum atomic E-state index is 10.6. The Hall–Kier alpha value is -3.43. The minimum absolute atomic E-state index is 0.178. The molecule has 27 heavy (non-hydrogen) atoms. The second-order valence-corrected chi connectivity index (χ2v) is 5.07. The highest BCUT2D eigenvalue weighted by molar-refractivity contribution is 5.91. The molecule has 0 aliphatic carbocycles. The third-order valence-electron chi connectivity index (χ3n) is 2.78. The summed E-state index contributed by atoms with van der Waals surface area (Å²) < 4.78 is 0. The van der Waals surface area contributed by atoms with Gasteiger partial charge in [0.2, 0.25) is 5.91 Å². The van der Waals surface area contributed by atoms with Gasteiger partial charge in [-0.25, -0.2) is 9.59 Å². The lowest BCUT2D eigenvalue weighted by Gasteiger charge is -2.01. The van der Waals surface area contributed by atoms with Gasteiger partial charge in [0.1, 0.15) is 0 Å². The normalized spacial score (nSPS) is 9.00. The van der Waals surface area contributed by atoms with Crippen LogP contribution in [0.25, 0.3) is 0 Å². The fraction of sp³-hybridized carbons (Fsp3) is 0.167. The Kier molecular flexibility index (Phi) is 11.2. The Labute approximate surface area is 156 Å². The molecule has 0 spiro atoms. The molecule has 2 rings (SSSR count). The van der Waals surface area contributed by atoms with Crippen LogP contribution in [0.15, 0.2) is 48.5 Å². The van der Waals surface area contributed by atoms with Gasteiger partial charge in [0.15, 0.2) is 0 Å². The highest BCUT2D eigenvalue weighted by Gasteiger charge is 2.01. The predicted octanol–water partition coefficient (Wildman–Crippen LogP) is 1.21. The molecule has 0 saturated carbocycles. The Morgan fingerprint density at radius 1 is 0.815 bits per heavy atom. The molecule has 0 aliphatic heterocycles. The average molecular weight is 376 g/mol. The smallest absolute Gasteiger partial charge is 0.335 e. The molecule has 0 unspecified atom stereocenters. The summed E-state index contributed by atoms with van der Waals surface area (Å²) >= 11 is 0. The maximum absolute atomic E-state index is 10.6. The monoisotopic (exact) mass is 376 g/mol. The van der Waals surface area contributed by atoms with E-state index < -0.39 is 11.9 Å². The first kappa shape index (κ1) is 23.6. The van der Waals surface area contributed by atoms with Crippen molar-refractivity contribution in [2.45, 2.75) is 6.92 Å². The third-order valence-corrected chi connectivity index (χ3v) is 2.78. The lowest BCUT2D eigenvalue weighted by atomic mass is 10.2. The molecule has 2 aromatic carbocycles. The average Bonchev–Trinajstić information content (AvgIpc) is 2.63. The van der Waals surface area contributed by atoms with Crippen LogP contribution in [0.2, 0.25) is 0 Å². The molecular formula is C18H24N4O5. The van der Waals surface area contributed by atoms with Gasteiger partial charge in [-0.2, -0.15) is 0 Å². The molecule has 146 valence electrons. The van der Waals surface area contributed by atoms with Gasteiger partial charge >= 0.3 is 11.9 Å². The number of carboxylic acids is 2. The first-order chi connectivity index (χ1) is 12.7. The molecule has 9 heteroatoms. The number of carbonyl (C=O) groups is 3. The lowest BCUT2D eigenvalue weighted by Crippen LogP contribution is -2.11. The van der Waals surface area contributed by atoms with Crippen molar-refractivity contribution in [1.82, 2.24) is 0 Å². The van der Waals surface area contributed by atoms with E-state index in [0.29, 0.717) is 24.5 Å². The summed E-state index contributed by atoms with van der Waals surface area (Å²) in [6.45, 7) is 2.59. The predicted molar refractivity (Wildman–Crippen MR) is 104 cm³/mol. The lowest BCUT2D eigenvalue weighted by molar-refractivity contribution is -0.114. The van der Waals surface area contributed by atoms with Crippen molar-refractivity contribution in [1.29, 1.82) is 0 Å². The van der Waals surface area contributed by atoms with Crippen LogP contribution in [0.4, 0.5) is 11.4 Å². The molecule has 9 N–H and O–H groups in total. The zero-order chi connectivity index (χ0) is 20.8. The van der Waals surface area contributed by atoms with Gasteiger partial charge in [0.25, 0.3) is 0 Å². The first-order valence-corrected chi connectivity index (χ1v) is 7.81. The van der Waals surface area contributed by atoms with Gasteiger partial charge in [-0.05, 0) is 48.5 Å². The van der Waals surface area contributed by atoms with Gasteiger partial charge in [-0.15, -0.1) is 0 Å². The van der Waals surface area contributed by atoms with Crippen molar-refractivity contribution < 1.29 is 24.6 Å². The number of carboxylic acid groups (broad SMARTS) is 2. The van der Waals surface area contributed by atoms with E-state index in [1.807, 2.05) is 0 Å². The Morgan fingerprint density at radius 3 is 1.48 bits per heavy atom. The van der Waals surface area contributed by atoms with E-state index >= 15 is 0 Å². The molecule has 9 nitrogen and oxygen atoms in total. The minimum atomic E-state index is -0.977. The number of rotatable bonds is 4. The zero-order valence-electron chi connectivity index (χ0n) is 14.9. The summed E-state index contributed by atoms with van der Waals surface area (Å²) in [5.74, 6) is -2.09. The van der Waals surface area contributed by atoms with Gasteiger partial charge in [-0.1, -0.05) is 0 Å².